The Morgan fingerprint density at radius 2 is 1.58 bits per heavy atom. The second-order valence-electron chi connectivity index (χ2n) is 4.02. The van der Waals surface area contributed by atoms with Crippen molar-refractivity contribution in [1.82, 2.24) is 0 Å². The molecule has 73 valence electrons. The highest BCUT2D eigenvalue weighted by molar-refractivity contribution is 4.88. The summed E-state index contributed by atoms with van der Waals surface area (Å²) in [6.07, 6.45) is 5.34. The molecule has 1 radical (unpaired) electrons. The zero-order valence-corrected chi connectivity index (χ0v) is 9.48. The molecule has 0 nitrogen and oxygen atoms in total. The second kappa shape index (κ2) is 6.51. The minimum Gasteiger partial charge on any atom is -0.0651 e. The van der Waals surface area contributed by atoms with Crippen molar-refractivity contribution in [2.24, 2.45) is 11.8 Å². The highest BCUT2D eigenvalue weighted by atomic mass is 14.2. The maximum Gasteiger partial charge on any atom is -0.0246 e. The van der Waals surface area contributed by atoms with Gasteiger partial charge in [-0.2, -0.15) is 0 Å². The van der Waals surface area contributed by atoms with E-state index in [-0.39, 0.29) is 0 Å². The fourth-order valence-corrected chi connectivity index (χ4v) is 1.67. The summed E-state index contributed by atoms with van der Waals surface area (Å²) in [6, 6.07) is 0. The van der Waals surface area contributed by atoms with Crippen LogP contribution in [-0.4, -0.2) is 0 Å². The van der Waals surface area contributed by atoms with Crippen LogP contribution >= 0.6 is 0 Å². The van der Waals surface area contributed by atoms with E-state index in [1.165, 1.54) is 25.7 Å². The Morgan fingerprint density at radius 1 is 1.08 bits per heavy atom. The Morgan fingerprint density at radius 3 is 1.92 bits per heavy atom. The third-order valence-corrected chi connectivity index (χ3v) is 3.24. The summed E-state index contributed by atoms with van der Waals surface area (Å²) < 4.78 is 0. The largest absolute Gasteiger partial charge is 0.0651 e. The monoisotopic (exact) mass is 169 g/mol. The molecule has 1 atom stereocenters. The van der Waals surface area contributed by atoms with Crippen LogP contribution in [0.15, 0.2) is 0 Å². The highest BCUT2D eigenvalue weighted by Crippen LogP contribution is 2.26. The lowest BCUT2D eigenvalue weighted by Gasteiger charge is -2.22. The smallest absolute Gasteiger partial charge is 0.0246 e. The molecular formula is C12H25. The van der Waals surface area contributed by atoms with Crippen molar-refractivity contribution in [2.75, 3.05) is 0 Å². The van der Waals surface area contributed by atoms with Gasteiger partial charge in [-0.15, -0.1) is 0 Å². The first-order valence-corrected chi connectivity index (χ1v) is 5.47. The predicted octanol–water partition coefficient (Wildman–Crippen LogP) is 4.45. The Balaban J connectivity index is 3.72. The van der Waals surface area contributed by atoms with Crippen LogP contribution in [-0.2, 0) is 0 Å². The summed E-state index contributed by atoms with van der Waals surface area (Å²) >= 11 is 0. The molecule has 0 heterocycles. The maximum absolute atomic E-state index is 2.37. The van der Waals surface area contributed by atoms with Gasteiger partial charge in [0.25, 0.3) is 0 Å². The lowest BCUT2D eigenvalue weighted by atomic mass is 9.83. The first-order chi connectivity index (χ1) is 5.65. The molecule has 0 bridgehead atoms. The topological polar surface area (TPSA) is 0 Å². The van der Waals surface area contributed by atoms with Gasteiger partial charge in [-0.05, 0) is 30.6 Å². The molecule has 12 heavy (non-hydrogen) atoms. The van der Waals surface area contributed by atoms with E-state index >= 15 is 0 Å². The van der Waals surface area contributed by atoms with E-state index in [1.807, 2.05) is 0 Å². The average molecular weight is 169 g/mol. The summed E-state index contributed by atoms with van der Waals surface area (Å²) in [5, 5.41) is 0. The maximum atomic E-state index is 2.37. The van der Waals surface area contributed by atoms with Gasteiger partial charge in [-0.1, -0.05) is 47.5 Å². The lowest BCUT2D eigenvalue weighted by molar-refractivity contribution is 0.373. The molecule has 0 aromatic rings. The van der Waals surface area contributed by atoms with Gasteiger partial charge in [0.1, 0.15) is 0 Å². The van der Waals surface area contributed by atoms with Gasteiger partial charge in [-0.25, -0.2) is 0 Å². The molecule has 0 aliphatic heterocycles. The Bertz CT molecular complexity index is 92.2. The molecule has 0 N–H and O–H groups in total. The Hall–Kier alpha value is 0. The van der Waals surface area contributed by atoms with Crippen molar-refractivity contribution in [3.8, 4) is 0 Å². The Labute approximate surface area is 78.8 Å². The third kappa shape index (κ3) is 4.13. The van der Waals surface area contributed by atoms with E-state index in [9.17, 15) is 0 Å². The van der Waals surface area contributed by atoms with E-state index in [0.717, 1.165) is 11.8 Å². The van der Waals surface area contributed by atoms with Crippen LogP contribution in [0, 0.1) is 17.8 Å². The minimum absolute atomic E-state index is 0.833. The molecule has 0 amide bonds. The lowest BCUT2D eigenvalue weighted by Crippen LogP contribution is -2.10. The van der Waals surface area contributed by atoms with E-state index in [2.05, 4.69) is 34.6 Å². The summed E-state index contributed by atoms with van der Waals surface area (Å²) in [4.78, 5) is 0. The van der Waals surface area contributed by atoms with Gasteiger partial charge < -0.3 is 0 Å². The van der Waals surface area contributed by atoms with Gasteiger partial charge >= 0.3 is 0 Å². The quantitative estimate of drug-likeness (QED) is 0.551. The van der Waals surface area contributed by atoms with Gasteiger partial charge in [0.05, 0.1) is 0 Å². The number of hydrogen-bond donors (Lipinski definition) is 0. The van der Waals surface area contributed by atoms with Crippen molar-refractivity contribution in [2.45, 2.75) is 60.3 Å². The number of hydrogen-bond acceptors (Lipinski definition) is 0. The van der Waals surface area contributed by atoms with Crippen LogP contribution in [0.1, 0.15) is 60.3 Å². The molecule has 0 fully saturated rings. The summed E-state index contributed by atoms with van der Waals surface area (Å²) in [6.45, 7) is 11.5. The summed E-state index contributed by atoms with van der Waals surface area (Å²) in [5.41, 5.74) is 0. The normalized spacial score (nSPS) is 14.2. The van der Waals surface area contributed by atoms with Crippen LogP contribution in [0.25, 0.3) is 0 Å². The SMILES string of the molecule is CC[C](C)C(C)CC(CC)CC. The molecule has 1 unspecified atom stereocenters. The van der Waals surface area contributed by atoms with Crippen molar-refractivity contribution in [3.63, 3.8) is 0 Å². The zero-order chi connectivity index (χ0) is 9.56. The first kappa shape index (κ1) is 12.0. The molecule has 0 aliphatic carbocycles. The predicted molar refractivity (Wildman–Crippen MR) is 57.1 cm³/mol. The van der Waals surface area contributed by atoms with E-state index in [0.29, 0.717) is 0 Å². The van der Waals surface area contributed by atoms with Gasteiger partial charge in [-0.3, -0.25) is 0 Å². The van der Waals surface area contributed by atoms with Gasteiger partial charge in [0, 0.05) is 0 Å². The molecule has 0 rings (SSSR count). The highest BCUT2D eigenvalue weighted by Gasteiger charge is 2.14. The molecule has 0 aliphatic rings. The van der Waals surface area contributed by atoms with Crippen LogP contribution in [0.5, 0.6) is 0 Å². The summed E-state index contributed by atoms with van der Waals surface area (Å²) in [5.74, 6) is 3.45. The van der Waals surface area contributed by atoms with Crippen molar-refractivity contribution in [3.05, 3.63) is 5.92 Å². The van der Waals surface area contributed by atoms with Crippen molar-refractivity contribution >= 4 is 0 Å². The van der Waals surface area contributed by atoms with Crippen LogP contribution in [0.3, 0.4) is 0 Å². The van der Waals surface area contributed by atoms with E-state index in [1.54, 1.807) is 5.92 Å². The Kier molecular flexibility index (Phi) is 6.51. The number of rotatable bonds is 6. The first-order valence-electron chi connectivity index (χ1n) is 5.47. The molecular weight excluding hydrogens is 144 g/mol. The molecule has 0 saturated heterocycles. The average Bonchev–Trinajstić information content (AvgIpc) is 2.12. The minimum atomic E-state index is 0.833. The molecule has 0 spiro atoms. The van der Waals surface area contributed by atoms with E-state index < -0.39 is 0 Å². The van der Waals surface area contributed by atoms with Crippen molar-refractivity contribution in [1.29, 1.82) is 0 Å². The van der Waals surface area contributed by atoms with Gasteiger partial charge in [0.2, 0.25) is 0 Å². The summed E-state index contributed by atoms with van der Waals surface area (Å²) in [7, 11) is 0. The second-order valence-corrected chi connectivity index (χ2v) is 4.02. The molecule has 0 heteroatoms. The van der Waals surface area contributed by atoms with Crippen LogP contribution in [0.2, 0.25) is 0 Å². The van der Waals surface area contributed by atoms with E-state index in [4.69, 9.17) is 0 Å². The molecule has 0 aromatic heterocycles. The standard InChI is InChI=1S/C12H25/c1-6-10(4)11(5)9-12(7-2)8-3/h11-12H,6-9H2,1-5H3. The molecule has 0 aromatic carbocycles. The zero-order valence-electron chi connectivity index (χ0n) is 9.48. The fraction of sp³-hybridized carbons (Fsp3) is 0.917. The van der Waals surface area contributed by atoms with Gasteiger partial charge in [0.15, 0.2) is 0 Å². The fourth-order valence-electron chi connectivity index (χ4n) is 1.67. The molecule has 0 saturated carbocycles. The van der Waals surface area contributed by atoms with Crippen molar-refractivity contribution < 1.29 is 0 Å². The van der Waals surface area contributed by atoms with Crippen LogP contribution in [0.4, 0.5) is 0 Å². The van der Waals surface area contributed by atoms with Crippen LogP contribution < -0.4 is 0 Å². The third-order valence-electron chi connectivity index (χ3n) is 3.24.